The molecule has 0 radical (unpaired) electrons. The topological polar surface area (TPSA) is 139 Å². The monoisotopic (exact) mass is 678 g/mol. The average molecular weight is 679 g/mol. The number of fused-ring (bicyclic) bond motifs is 1. The van der Waals surface area contributed by atoms with Gasteiger partial charge in [0.05, 0.1) is 32.0 Å². The third kappa shape index (κ3) is 6.80. The Balaban J connectivity index is 1.34. The van der Waals surface area contributed by atoms with E-state index in [1.807, 2.05) is 86.6 Å². The highest BCUT2D eigenvalue weighted by Gasteiger charge is 2.61. The largest absolute Gasteiger partial charge is 0.497 e. The van der Waals surface area contributed by atoms with Crippen molar-refractivity contribution in [3.05, 3.63) is 91.5 Å². The van der Waals surface area contributed by atoms with Crippen LogP contribution in [0, 0.1) is 11.8 Å². The fourth-order valence-corrected chi connectivity index (χ4v) is 6.62. The van der Waals surface area contributed by atoms with Crippen LogP contribution in [-0.4, -0.2) is 77.3 Å². The van der Waals surface area contributed by atoms with Gasteiger partial charge < -0.3 is 34.9 Å². The second-order valence-corrected chi connectivity index (χ2v) is 13.1. The lowest BCUT2D eigenvalue weighted by Crippen LogP contribution is -2.55. The number of amides is 2. The molecule has 1 aliphatic carbocycles. The summed E-state index contributed by atoms with van der Waals surface area (Å²) in [5, 5.41) is 16.9. The summed E-state index contributed by atoms with van der Waals surface area (Å²) in [6, 6.07) is 22.7. The van der Waals surface area contributed by atoms with Gasteiger partial charge in [-0.25, -0.2) is 9.78 Å². The van der Waals surface area contributed by atoms with Crippen molar-refractivity contribution in [2.45, 2.75) is 50.4 Å². The fourth-order valence-electron chi connectivity index (χ4n) is 6.62. The van der Waals surface area contributed by atoms with Gasteiger partial charge >= 0.3 is 5.97 Å². The molecule has 2 amide bonds. The predicted molar refractivity (Wildman–Crippen MR) is 190 cm³/mol. The number of hydrogen-bond acceptors (Lipinski definition) is 8. The first kappa shape index (κ1) is 34.3. The van der Waals surface area contributed by atoms with Crippen molar-refractivity contribution in [2.75, 3.05) is 26.1 Å². The van der Waals surface area contributed by atoms with E-state index in [1.165, 1.54) is 4.90 Å². The van der Waals surface area contributed by atoms with Crippen LogP contribution in [0.4, 0.5) is 5.69 Å². The number of aromatic nitrogens is 1. The van der Waals surface area contributed by atoms with Crippen molar-refractivity contribution >= 4 is 34.4 Å². The molecule has 2 aliphatic rings. The maximum atomic E-state index is 14.5. The van der Waals surface area contributed by atoms with Crippen molar-refractivity contribution in [3.63, 3.8) is 0 Å². The minimum atomic E-state index is -1.45. The van der Waals surface area contributed by atoms with Gasteiger partial charge in [-0.3, -0.25) is 9.59 Å². The molecule has 6 rings (SSSR count). The Morgan fingerprint density at radius 2 is 1.74 bits per heavy atom. The molecule has 1 saturated heterocycles. The number of carboxylic acid groups (broad SMARTS) is 1. The molecule has 5 atom stereocenters. The minimum absolute atomic E-state index is 0.103. The van der Waals surface area contributed by atoms with Gasteiger partial charge in [0.25, 0.3) is 0 Å². The number of pyridine rings is 1. The van der Waals surface area contributed by atoms with Crippen LogP contribution >= 0.6 is 0 Å². The summed E-state index contributed by atoms with van der Waals surface area (Å²) in [5.41, 5.74) is 1.49. The first-order valence-electron chi connectivity index (χ1n) is 16.7. The van der Waals surface area contributed by atoms with E-state index in [4.69, 9.17) is 19.2 Å². The summed E-state index contributed by atoms with van der Waals surface area (Å²) in [4.78, 5) is 47.2. The second kappa shape index (κ2) is 14.1. The van der Waals surface area contributed by atoms with Crippen LogP contribution in [0.3, 0.4) is 0 Å². The number of methoxy groups -OCH3 is 2. The molecule has 1 saturated carbocycles. The zero-order valence-corrected chi connectivity index (χ0v) is 28.6. The Morgan fingerprint density at radius 3 is 2.40 bits per heavy atom. The number of carboxylic acids is 1. The number of hydrogen-bond donors (Lipinski definition) is 3. The molecular weight excluding hydrogens is 636 g/mol. The van der Waals surface area contributed by atoms with Gasteiger partial charge in [-0.2, -0.15) is 0 Å². The Morgan fingerprint density at radius 1 is 1.00 bits per heavy atom. The standard InChI is InChI=1S/C39H42N4O7/c1-6-25-21-39(25,38(46)47)42-36(44)33-19-29(22-43(33)37(45)35(23(2)3)40-26-13-10-14-27(17-26)48-4)50-34-20-31(24-11-8-7-9-12-24)41-32-18-28(49-5)15-16-30(32)34/h6-18,20,23,25,29,33,35,40H,1,19,21-22H2,2-5H3,(H,42,44)(H,46,47)/t25-,29+,33-,35-,39?/m0/s1. The van der Waals surface area contributed by atoms with Gasteiger partial charge in [-0.15, -0.1) is 6.58 Å². The van der Waals surface area contributed by atoms with Crippen LogP contribution < -0.4 is 24.8 Å². The fraction of sp³-hybridized carbons (Fsp3) is 0.333. The lowest BCUT2D eigenvalue weighted by Gasteiger charge is -2.31. The lowest BCUT2D eigenvalue weighted by atomic mass is 10.0. The SMILES string of the molecule is C=C[C@H]1CC1(NC(=O)[C@@H]1C[C@@H](Oc2cc(-c3ccccc3)nc3cc(OC)ccc23)CN1C(=O)[C@@H](Nc1cccc(OC)c1)C(C)C)C(=O)O. The lowest BCUT2D eigenvalue weighted by molar-refractivity contribution is -0.145. The molecule has 1 aliphatic heterocycles. The van der Waals surface area contributed by atoms with E-state index in [0.29, 0.717) is 34.1 Å². The maximum absolute atomic E-state index is 14.5. The molecule has 11 heteroatoms. The zero-order valence-electron chi connectivity index (χ0n) is 28.6. The molecule has 1 aromatic heterocycles. The Hall–Kier alpha value is -5.58. The first-order chi connectivity index (χ1) is 24.1. The van der Waals surface area contributed by atoms with Crippen LogP contribution in [0.25, 0.3) is 22.2 Å². The quantitative estimate of drug-likeness (QED) is 0.155. The summed E-state index contributed by atoms with van der Waals surface area (Å²) >= 11 is 0. The minimum Gasteiger partial charge on any atom is -0.497 e. The second-order valence-electron chi connectivity index (χ2n) is 13.1. The molecule has 4 aromatic rings. The van der Waals surface area contributed by atoms with E-state index in [1.54, 1.807) is 26.4 Å². The third-order valence-electron chi connectivity index (χ3n) is 9.54. The van der Waals surface area contributed by atoms with Gasteiger partial charge in [0.1, 0.15) is 41.0 Å². The van der Waals surface area contributed by atoms with Gasteiger partial charge in [0.2, 0.25) is 11.8 Å². The number of ether oxygens (including phenoxy) is 3. The van der Waals surface area contributed by atoms with Gasteiger partial charge in [-0.05, 0) is 36.6 Å². The average Bonchev–Trinajstić information content (AvgIpc) is 3.69. The van der Waals surface area contributed by atoms with Crippen molar-refractivity contribution in [2.24, 2.45) is 11.8 Å². The van der Waals surface area contributed by atoms with Gasteiger partial charge in [0, 0.05) is 47.2 Å². The highest BCUT2D eigenvalue weighted by atomic mass is 16.5. The highest BCUT2D eigenvalue weighted by Crippen LogP contribution is 2.45. The van der Waals surface area contributed by atoms with Crippen molar-refractivity contribution in [3.8, 4) is 28.5 Å². The van der Waals surface area contributed by atoms with Crippen molar-refractivity contribution in [1.29, 1.82) is 0 Å². The number of nitrogens with zero attached hydrogens (tertiary/aromatic N) is 2. The molecule has 11 nitrogen and oxygen atoms in total. The molecule has 0 bridgehead atoms. The number of anilines is 1. The third-order valence-corrected chi connectivity index (χ3v) is 9.54. The number of nitrogens with one attached hydrogen (secondary N) is 2. The van der Waals surface area contributed by atoms with Gasteiger partial charge in [-0.1, -0.05) is 56.3 Å². The van der Waals surface area contributed by atoms with Crippen molar-refractivity contribution in [1.82, 2.24) is 15.2 Å². The number of rotatable bonds is 13. The number of carbonyl (C=O) groups is 3. The summed E-state index contributed by atoms with van der Waals surface area (Å²) in [6.45, 7) is 7.69. The summed E-state index contributed by atoms with van der Waals surface area (Å²) in [6.07, 6.45) is 1.33. The summed E-state index contributed by atoms with van der Waals surface area (Å²) in [5.74, 6) is -0.733. The van der Waals surface area contributed by atoms with E-state index in [0.717, 1.165) is 10.9 Å². The predicted octanol–water partition coefficient (Wildman–Crippen LogP) is 5.55. The number of benzene rings is 3. The number of aliphatic carboxylic acids is 1. The van der Waals surface area contributed by atoms with Crippen LogP contribution in [0.15, 0.2) is 91.5 Å². The van der Waals surface area contributed by atoms with E-state index >= 15 is 0 Å². The highest BCUT2D eigenvalue weighted by molar-refractivity contribution is 5.96. The maximum Gasteiger partial charge on any atom is 0.330 e. The smallest absolute Gasteiger partial charge is 0.330 e. The molecule has 1 unspecified atom stereocenters. The molecule has 2 heterocycles. The Kier molecular flexibility index (Phi) is 9.67. The van der Waals surface area contributed by atoms with E-state index < -0.39 is 41.5 Å². The molecule has 2 fully saturated rings. The molecule has 260 valence electrons. The number of carbonyl (C=O) groups excluding carboxylic acids is 2. The van der Waals surface area contributed by atoms with Crippen LogP contribution in [-0.2, 0) is 14.4 Å². The van der Waals surface area contributed by atoms with Crippen LogP contribution in [0.2, 0.25) is 0 Å². The Bertz CT molecular complexity index is 1920. The van der Waals surface area contributed by atoms with Crippen LogP contribution in [0.1, 0.15) is 26.7 Å². The molecule has 50 heavy (non-hydrogen) atoms. The number of likely N-dealkylation sites (tertiary alicyclic amines) is 1. The molecule has 3 aromatic carbocycles. The molecule has 3 N–H and O–H groups in total. The van der Waals surface area contributed by atoms with Gasteiger partial charge in [0.15, 0.2) is 0 Å². The summed E-state index contributed by atoms with van der Waals surface area (Å²) < 4.78 is 17.5. The molecule has 0 spiro atoms. The summed E-state index contributed by atoms with van der Waals surface area (Å²) in [7, 11) is 3.17. The Labute approximate surface area is 291 Å². The van der Waals surface area contributed by atoms with E-state index in [2.05, 4.69) is 17.2 Å². The molecular formula is C39H42N4O7. The van der Waals surface area contributed by atoms with Crippen molar-refractivity contribution < 1.29 is 33.7 Å². The van der Waals surface area contributed by atoms with Crippen LogP contribution in [0.5, 0.6) is 17.2 Å². The van der Waals surface area contributed by atoms with E-state index in [-0.39, 0.29) is 31.2 Å². The zero-order chi connectivity index (χ0) is 35.6. The first-order valence-corrected chi connectivity index (χ1v) is 16.7. The normalized spacial score (nSPS) is 21.7. The van der Waals surface area contributed by atoms with E-state index in [9.17, 15) is 19.5 Å².